The highest BCUT2D eigenvalue weighted by Crippen LogP contribution is 2.17. The Morgan fingerprint density at radius 1 is 1.48 bits per heavy atom. The van der Waals surface area contributed by atoms with Crippen LogP contribution in [0.2, 0.25) is 0 Å². The van der Waals surface area contributed by atoms with Crippen LogP contribution in [0.25, 0.3) is 0 Å². The molecule has 5 nitrogen and oxygen atoms in total. The Bertz CT molecular complexity index is 518. The van der Waals surface area contributed by atoms with Crippen molar-refractivity contribution < 1.29 is 9.53 Å². The molecule has 1 rings (SSSR count). The second-order valence-corrected chi connectivity index (χ2v) is 5.87. The number of aromatic nitrogens is 1. The second kappa shape index (κ2) is 7.93. The topological polar surface area (TPSA) is 68.5 Å². The van der Waals surface area contributed by atoms with Gasteiger partial charge in [-0.25, -0.2) is 9.78 Å². The number of carbonyl (C=O) groups excluding carboxylic acids is 1. The number of carbonyl (C=O) groups is 1. The summed E-state index contributed by atoms with van der Waals surface area (Å²) >= 11 is 4.94. The minimum absolute atomic E-state index is 0.370. The fourth-order valence-electron chi connectivity index (χ4n) is 2.03. The van der Waals surface area contributed by atoms with Crippen molar-refractivity contribution in [2.45, 2.75) is 27.2 Å². The molecule has 0 bridgehead atoms. The van der Waals surface area contributed by atoms with Gasteiger partial charge in [-0.3, -0.25) is 0 Å². The zero-order valence-electron chi connectivity index (χ0n) is 13.0. The largest absolute Gasteiger partial charge is 0.465 e. The molecule has 0 aliphatic rings. The molecule has 0 aliphatic heterocycles. The van der Waals surface area contributed by atoms with E-state index in [9.17, 15) is 4.79 Å². The molecule has 1 heterocycles. The van der Waals surface area contributed by atoms with Crippen molar-refractivity contribution in [1.29, 1.82) is 0 Å². The number of ether oxygens (including phenoxy) is 1. The Morgan fingerprint density at radius 2 is 2.14 bits per heavy atom. The molecule has 6 heteroatoms. The molecule has 0 aromatic carbocycles. The predicted molar refractivity (Wildman–Crippen MR) is 88.8 cm³/mol. The number of nitrogens with two attached hydrogens (primary N) is 1. The van der Waals surface area contributed by atoms with E-state index >= 15 is 0 Å². The van der Waals surface area contributed by atoms with E-state index in [1.807, 2.05) is 6.07 Å². The highest BCUT2D eigenvalue weighted by Gasteiger charge is 2.15. The van der Waals surface area contributed by atoms with Crippen LogP contribution in [-0.2, 0) is 4.74 Å². The fraction of sp³-hybridized carbons (Fsp3) is 0.533. The number of anilines is 1. The standard InChI is InChI=1S/C15H23N3O2S/c1-10(2)9-18(8-7-13(16)21)14-6-5-12(11(3)17-14)15(19)20-4/h5-6,10H,7-9H2,1-4H3,(H2,16,21). The molecule has 2 N–H and O–H groups in total. The van der Waals surface area contributed by atoms with E-state index < -0.39 is 0 Å². The van der Waals surface area contributed by atoms with Gasteiger partial charge in [0.25, 0.3) is 0 Å². The zero-order valence-corrected chi connectivity index (χ0v) is 13.9. The minimum Gasteiger partial charge on any atom is -0.465 e. The van der Waals surface area contributed by atoms with Crippen molar-refractivity contribution in [2.75, 3.05) is 25.1 Å². The molecule has 0 saturated carbocycles. The smallest absolute Gasteiger partial charge is 0.339 e. The summed E-state index contributed by atoms with van der Waals surface area (Å²) in [4.78, 5) is 18.7. The van der Waals surface area contributed by atoms with E-state index in [-0.39, 0.29) is 5.97 Å². The molecule has 0 fully saturated rings. The molecule has 116 valence electrons. The number of thiocarbonyl (C=S) groups is 1. The predicted octanol–water partition coefficient (Wildman–Crippen LogP) is 2.32. The summed E-state index contributed by atoms with van der Waals surface area (Å²) in [6.45, 7) is 7.66. The van der Waals surface area contributed by atoms with Crippen molar-refractivity contribution in [3.63, 3.8) is 0 Å². The van der Waals surface area contributed by atoms with Gasteiger partial charge in [0.1, 0.15) is 5.82 Å². The molecule has 0 atom stereocenters. The Labute approximate surface area is 131 Å². The van der Waals surface area contributed by atoms with Crippen molar-refractivity contribution in [2.24, 2.45) is 11.7 Å². The maximum atomic E-state index is 11.6. The summed E-state index contributed by atoms with van der Waals surface area (Å²) in [7, 11) is 1.36. The van der Waals surface area contributed by atoms with Crippen LogP contribution in [0.15, 0.2) is 12.1 Å². The van der Waals surface area contributed by atoms with Crippen molar-refractivity contribution in [1.82, 2.24) is 4.98 Å². The first-order valence-electron chi connectivity index (χ1n) is 6.94. The van der Waals surface area contributed by atoms with E-state index in [0.29, 0.717) is 28.6 Å². The molecule has 21 heavy (non-hydrogen) atoms. The molecule has 1 aromatic heterocycles. The van der Waals surface area contributed by atoms with Crippen molar-refractivity contribution in [3.05, 3.63) is 23.4 Å². The molecule has 1 aromatic rings. The molecule has 0 radical (unpaired) electrons. The van der Waals surface area contributed by atoms with Gasteiger partial charge in [-0.1, -0.05) is 26.1 Å². The summed E-state index contributed by atoms with van der Waals surface area (Å²) in [5.41, 5.74) is 6.73. The third-order valence-electron chi connectivity index (χ3n) is 3.01. The average molecular weight is 309 g/mol. The first kappa shape index (κ1) is 17.4. The van der Waals surface area contributed by atoms with Gasteiger partial charge in [0, 0.05) is 19.5 Å². The lowest BCUT2D eigenvalue weighted by Crippen LogP contribution is -2.32. The van der Waals surface area contributed by atoms with Gasteiger partial charge >= 0.3 is 5.97 Å². The van der Waals surface area contributed by atoms with Crippen LogP contribution in [0.5, 0.6) is 0 Å². The van der Waals surface area contributed by atoms with Gasteiger partial charge in [-0.2, -0.15) is 0 Å². The number of esters is 1. The Morgan fingerprint density at radius 3 is 2.62 bits per heavy atom. The highest BCUT2D eigenvalue weighted by atomic mass is 32.1. The second-order valence-electron chi connectivity index (χ2n) is 5.35. The molecule has 0 spiro atoms. The highest BCUT2D eigenvalue weighted by molar-refractivity contribution is 7.80. The number of aryl methyl sites for hydroxylation is 1. The Hall–Kier alpha value is -1.69. The molecule has 0 aliphatic carbocycles. The Kier molecular flexibility index (Phi) is 6.55. The third kappa shape index (κ3) is 5.30. The maximum absolute atomic E-state index is 11.6. The van der Waals surface area contributed by atoms with Crippen molar-refractivity contribution in [3.8, 4) is 0 Å². The van der Waals surface area contributed by atoms with Gasteiger partial charge in [-0.15, -0.1) is 0 Å². The van der Waals surface area contributed by atoms with Crippen LogP contribution in [0.1, 0.15) is 36.3 Å². The van der Waals surface area contributed by atoms with Crippen LogP contribution in [0.4, 0.5) is 5.82 Å². The van der Waals surface area contributed by atoms with E-state index in [0.717, 1.165) is 18.9 Å². The van der Waals surface area contributed by atoms with Gasteiger partial charge in [0.15, 0.2) is 0 Å². The lowest BCUT2D eigenvalue weighted by atomic mass is 10.1. The SMILES string of the molecule is COC(=O)c1ccc(N(CCC(N)=S)CC(C)C)nc1C. The number of hydrogen-bond acceptors (Lipinski definition) is 5. The number of methoxy groups -OCH3 is 1. The molecule has 0 saturated heterocycles. The summed E-state index contributed by atoms with van der Waals surface area (Å²) in [5, 5.41) is 0. The first-order chi connectivity index (χ1) is 9.85. The minimum atomic E-state index is -0.370. The monoisotopic (exact) mass is 309 g/mol. The fourth-order valence-corrected chi connectivity index (χ4v) is 2.13. The lowest BCUT2D eigenvalue weighted by Gasteiger charge is -2.26. The van der Waals surface area contributed by atoms with Crippen LogP contribution in [0, 0.1) is 12.8 Å². The van der Waals surface area contributed by atoms with Crippen LogP contribution in [-0.4, -0.2) is 36.1 Å². The zero-order chi connectivity index (χ0) is 16.0. The van der Waals surface area contributed by atoms with E-state index in [4.69, 9.17) is 22.7 Å². The first-order valence-corrected chi connectivity index (χ1v) is 7.35. The third-order valence-corrected chi connectivity index (χ3v) is 3.22. The number of nitrogens with zero attached hydrogens (tertiary/aromatic N) is 2. The van der Waals surface area contributed by atoms with Gasteiger partial charge in [0.2, 0.25) is 0 Å². The summed E-state index contributed by atoms with van der Waals surface area (Å²) in [6, 6.07) is 3.58. The van der Waals surface area contributed by atoms with E-state index in [2.05, 4.69) is 23.7 Å². The molecular weight excluding hydrogens is 286 g/mol. The van der Waals surface area contributed by atoms with E-state index in [1.165, 1.54) is 7.11 Å². The van der Waals surface area contributed by atoms with Crippen LogP contribution < -0.4 is 10.6 Å². The number of rotatable bonds is 7. The normalized spacial score (nSPS) is 10.5. The van der Waals surface area contributed by atoms with Crippen LogP contribution in [0.3, 0.4) is 0 Å². The maximum Gasteiger partial charge on any atom is 0.339 e. The summed E-state index contributed by atoms with van der Waals surface area (Å²) in [5.74, 6) is 0.939. The van der Waals surface area contributed by atoms with Crippen molar-refractivity contribution >= 4 is 29.0 Å². The number of hydrogen-bond donors (Lipinski definition) is 1. The average Bonchev–Trinajstić information content (AvgIpc) is 2.42. The summed E-state index contributed by atoms with van der Waals surface area (Å²) < 4.78 is 4.73. The van der Waals surface area contributed by atoms with Gasteiger partial charge < -0.3 is 15.4 Å². The van der Waals surface area contributed by atoms with E-state index in [1.54, 1.807) is 13.0 Å². The quantitative estimate of drug-likeness (QED) is 0.616. The van der Waals surface area contributed by atoms with Gasteiger partial charge in [-0.05, 0) is 25.0 Å². The number of pyridine rings is 1. The van der Waals surface area contributed by atoms with Gasteiger partial charge in [0.05, 0.1) is 23.4 Å². The molecule has 0 amide bonds. The Balaban J connectivity index is 2.99. The summed E-state index contributed by atoms with van der Waals surface area (Å²) in [6.07, 6.45) is 0.640. The molecular formula is C15H23N3O2S. The van der Waals surface area contributed by atoms with Crippen LogP contribution >= 0.6 is 12.2 Å². The molecule has 0 unspecified atom stereocenters. The lowest BCUT2D eigenvalue weighted by molar-refractivity contribution is 0.0599.